The van der Waals surface area contributed by atoms with Gasteiger partial charge in [-0.15, -0.1) is 11.3 Å². The van der Waals surface area contributed by atoms with Crippen molar-refractivity contribution < 1.29 is 4.42 Å². The molecule has 0 fully saturated rings. The third kappa shape index (κ3) is 11.2. The summed E-state index contributed by atoms with van der Waals surface area (Å²) in [6.07, 6.45) is 0. The molecule has 33 rings (SSSR count). The molecule has 3 aliphatic rings. The molecule has 0 unspecified atom stereocenters. The average molecular weight is 1920 g/mol. The Bertz CT molecular complexity index is 10500. The van der Waals surface area contributed by atoms with Gasteiger partial charge in [0, 0.05) is 103 Å². The number of hydrogen-bond acceptors (Lipinski definition) is 2. The fourth-order valence-electron chi connectivity index (χ4n) is 26.3. The van der Waals surface area contributed by atoms with Crippen molar-refractivity contribution in [3.63, 3.8) is 0 Å². The van der Waals surface area contributed by atoms with E-state index in [1.165, 1.54) is 265 Å². The first kappa shape index (κ1) is 81.8. The first-order valence-electron chi connectivity index (χ1n) is 50.1. The number of fused-ring (bicyclic) bond motifs is 39. The molecule has 0 atom stereocenters. The van der Waals surface area contributed by atoms with E-state index in [0.717, 1.165) is 27.6 Å². The van der Waals surface area contributed by atoms with Crippen LogP contribution >= 0.6 is 11.3 Å². The van der Waals surface area contributed by atoms with Crippen molar-refractivity contribution in [2.75, 3.05) is 0 Å². The van der Waals surface area contributed by atoms with E-state index in [-0.39, 0.29) is 30.7 Å². The molecule has 7 nitrogen and oxygen atoms in total. The maximum Gasteiger partial charge on any atom is 0.0641 e. The molecule has 3 aliphatic carbocycles. The molecule has 9 heteroatoms. The summed E-state index contributed by atoms with van der Waals surface area (Å²) in [5.41, 5.74) is 40.1. The van der Waals surface area contributed by atoms with Crippen LogP contribution in [0.3, 0.4) is 0 Å². The SMILES string of the molecule is CC1(C)c2ccccc2-c2ccc(-n3c4ccccc4c4ccc5c(c6ccccc6n5-c5ccc6c(c5)oc5ccccc56)c43)cc21.CC1(C)c2ccccc2-c2ccc(-n3c4ccccc4c4ccc5c(c6ccccc6n5-c5cccc6c5[se]c5ccccc56)c43)cc21.CC1(C)c2ccccc2-c2ccc(-n3c4ccccc4c4ccc5c(c6ccccc6n5-c5cccc6c5sc5ccccc56)c43)cc21. The van der Waals surface area contributed by atoms with Crippen LogP contribution in [0.4, 0.5) is 0 Å². The molecule has 678 valence electrons. The van der Waals surface area contributed by atoms with Crippen molar-refractivity contribution >= 4 is 218 Å². The van der Waals surface area contributed by atoms with Gasteiger partial charge in [0.05, 0.1) is 54.5 Å². The van der Waals surface area contributed by atoms with Gasteiger partial charge >= 0.3 is 261 Å². The van der Waals surface area contributed by atoms with Crippen LogP contribution < -0.4 is 0 Å². The minimum atomic E-state index is -0.0820. The molecule has 0 aliphatic heterocycles. The van der Waals surface area contributed by atoms with Gasteiger partial charge in [0.2, 0.25) is 0 Å². The second-order valence-corrected chi connectivity index (χ2v) is 44.4. The van der Waals surface area contributed by atoms with E-state index in [0.29, 0.717) is 0 Å². The average Bonchev–Trinajstić information content (AvgIpc) is 1.53. The van der Waals surface area contributed by atoms with Gasteiger partial charge in [-0.2, -0.15) is 0 Å². The standard InChI is InChI=1S/C45H30N2O.C45H30N2S.C45H30N2Se/c1-45(2)36-15-7-3-11-29(36)30-21-19-27(25-37(30)45)47-38-16-8-4-12-31(38)34-23-24-40-43(44(34)47)35-14-5-9-17-39(35)46(40)28-20-22-33-32-13-6-10-18-41(32)48-42(33)26-28;2*1-45(2)35-17-7-3-12-28(35)29-23-22-27(26-36(29)45)46-37-18-8-4-13-30(37)32-24-25-39-42(43(32)46)34-15-5-9-19-38(34)47(39)40-20-11-16-33-31-14-6-10-21-41(31)48-44(33)40/h3*3-26H,1-2H3. The number of rotatable bonds is 6. The minimum Gasteiger partial charge on any atom is -0.309 e. The Morgan fingerprint density at radius 2 is 0.535 bits per heavy atom. The van der Waals surface area contributed by atoms with E-state index in [1.54, 1.807) is 0 Å². The number of nitrogens with zero attached hydrogens (tertiary/aromatic N) is 6. The molecule has 0 saturated heterocycles. The van der Waals surface area contributed by atoms with E-state index < -0.39 is 0 Å². The van der Waals surface area contributed by atoms with Crippen LogP contribution in [-0.2, 0) is 16.2 Å². The summed E-state index contributed by atoms with van der Waals surface area (Å²) >= 11 is 2.14. The van der Waals surface area contributed by atoms with Gasteiger partial charge in [-0.05, 0) is 136 Å². The maximum absolute atomic E-state index is 6.36. The molecule has 0 N–H and O–H groups in total. The van der Waals surface area contributed by atoms with Crippen LogP contribution in [0.5, 0.6) is 0 Å². The fourth-order valence-corrected chi connectivity index (χ4v) is 30.0. The summed E-state index contributed by atoms with van der Waals surface area (Å²) in [7, 11) is 0. The Labute approximate surface area is 838 Å². The largest absolute Gasteiger partial charge is 0.309 e. The zero-order valence-electron chi connectivity index (χ0n) is 80.0. The summed E-state index contributed by atoms with van der Waals surface area (Å²) in [5, 5.41) is 23.0. The number of aromatic nitrogens is 6. The second-order valence-electron chi connectivity index (χ2n) is 41.2. The van der Waals surface area contributed by atoms with Gasteiger partial charge in [-0.25, -0.2) is 0 Å². The summed E-state index contributed by atoms with van der Waals surface area (Å²) in [6, 6.07) is 162. The van der Waals surface area contributed by atoms with E-state index in [9.17, 15) is 0 Å². The first-order valence-corrected chi connectivity index (χ1v) is 52.6. The Morgan fingerprint density at radius 1 is 0.208 bits per heavy atom. The minimum absolute atomic E-state index is 0.0704. The van der Waals surface area contributed by atoms with Crippen LogP contribution in [0.1, 0.15) is 74.9 Å². The van der Waals surface area contributed by atoms with Crippen LogP contribution in [0.2, 0.25) is 0 Å². The number of thiophene rings is 1. The van der Waals surface area contributed by atoms with Gasteiger partial charge in [-0.1, -0.05) is 246 Å². The zero-order valence-corrected chi connectivity index (χ0v) is 82.5. The van der Waals surface area contributed by atoms with Gasteiger partial charge in [0.1, 0.15) is 11.2 Å². The molecule has 0 saturated carbocycles. The monoisotopic (exact) mass is 1920 g/mol. The quantitative estimate of drug-likeness (QED) is 0.153. The van der Waals surface area contributed by atoms with Crippen molar-refractivity contribution in [3.8, 4) is 67.5 Å². The Kier molecular flexibility index (Phi) is 17.0. The fraction of sp³-hybridized carbons (Fsp3) is 0.0667. The van der Waals surface area contributed by atoms with Gasteiger partial charge in [-0.3, -0.25) is 0 Å². The molecule has 0 radical (unpaired) electrons. The van der Waals surface area contributed by atoms with E-state index in [1.807, 2.05) is 23.5 Å². The maximum atomic E-state index is 6.36. The summed E-state index contributed by atoms with van der Waals surface area (Å²) < 4.78 is 27.0. The normalized spacial score (nSPS) is 13.8. The van der Waals surface area contributed by atoms with Crippen molar-refractivity contribution in [1.82, 2.24) is 27.4 Å². The van der Waals surface area contributed by atoms with Gasteiger partial charge in [0.15, 0.2) is 0 Å². The van der Waals surface area contributed by atoms with E-state index in [4.69, 9.17) is 4.42 Å². The van der Waals surface area contributed by atoms with E-state index >= 15 is 0 Å². The Hall–Kier alpha value is -17.0. The third-order valence-electron chi connectivity index (χ3n) is 32.8. The van der Waals surface area contributed by atoms with Crippen LogP contribution in [0, 0.1) is 0 Å². The Balaban J connectivity index is 0.0000000986. The number of benzene rings is 21. The Morgan fingerprint density at radius 3 is 1.01 bits per heavy atom. The molecule has 9 aromatic heterocycles. The van der Waals surface area contributed by atoms with Crippen molar-refractivity contribution in [1.29, 1.82) is 0 Å². The molecular weight excluding hydrogens is 1830 g/mol. The van der Waals surface area contributed by atoms with Crippen molar-refractivity contribution in [2.24, 2.45) is 0 Å². The van der Waals surface area contributed by atoms with Crippen LogP contribution in [0.15, 0.2) is 441 Å². The predicted molar refractivity (Wildman–Crippen MR) is 610 cm³/mol. The summed E-state index contributed by atoms with van der Waals surface area (Å²) in [6.45, 7) is 14.2. The molecule has 30 aromatic rings. The smallest absolute Gasteiger partial charge is 0.0641 e. The van der Waals surface area contributed by atoms with E-state index in [2.05, 4.69) is 494 Å². The number of furan rings is 1. The molecule has 0 amide bonds. The molecule has 0 bridgehead atoms. The zero-order chi connectivity index (χ0) is 95.2. The number of para-hydroxylation sites is 7. The third-order valence-corrected chi connectivity index (χ3v) is 36.5. The van der Waals surface area contributed by atoms with Crippen LogP contribution in [0.25, 0.3) is 260 Å². The van der Waals surface area contributed by atoms with Crippen molar-refractivity contribution in [2.45, 2.75) is 57.8 Å². The molecule has 21 aromatic carbocycles. The second kappa shape index (κ2) is 30.0. The molecule has 9 heterocycles. The summed E-state index contributed by atoms with van der Waals surface area (Å²) in [5.74, 6) is 0. The van der Waals surface area contributed by atoms with Crippen LogP contribution in [-0.4, -0.2) is 41.9 Å². The topological polar surface area (TPSA) is 42.7 Å². The summed E-state index contributed by atoms with van der Waals surface area (Å²) in [4.78, 5) is 0. The van der Waals surface area contributed by atoms with Gasteiger partial charge in [0.25, 0.3) is 0 Å². The van der Waals surface area contributed by atoms with Crippen molar-refractivity contribution in [3.05, 3.63) is 470 Å². The molecular formula is C135H90N6OSSe. The molecule has 144 heavy (non-hydrogen) atoms. The first-order chi connectivity index (χ1) is 70.8. The molecule has 0 spiro atoms. The van der Waals surface area contributed by atoms with Gasteiger partial charge < -0.3 is 22.7 Å². The number of hydrogen-bond donors (Lipinski definition) is 0. The predicted octanol–water partition coefficient (Wildman–Crippen LogP) is 36.2.